The summed E-state index contributed by atoms with van der Waals surface area (Å²) in [5.41, 5.74) is 3.50. The Morgan fingerprint density at radius 1 is 1.07 bits per heavy atom. The van der Waals surface area contributed by atoms with E-state index in [0.717, 1.165) is 16.7 Å². The number of imidazole rings is 1. The summed E-state index contributed by atoms with van der Waals surface area (Å²) in [5, 5.41) is 2.93. The number of aryl methyl sites for hydroxylation is 3. The molecule has 0 saturated heterocycles. The molecule has 1 unspecified atom stereocenters. The van der Waals surface area contributed by atoms with E-state index in [1.165, 1.54) is 12.1 Å². The summed E-state index contributed by atoms with van der Waals surface area (Å²) in [6.07, 6.45) is 3.60. The highest BCUT2D eigenvalue weighted by atomic mass is 19.1. The van der Waals surface area contributed by atoms with Crippen molar-refractivity contribution in [1.29, 1.82) is 0 Å². The largest absolute Gasteiger partial charge is 0.342 e. The molecule has 150 valence electrons. The van der Waals surface area contributed by atoms with Gasteiger partial charge in [0, 0.05) is 37.8 Å². The van der Waals surface area contributed by atoms with Gasteiger partial charge in [0.2, 0.25) is 5.91 Å². The fourth-order valence-electron chi connectivity index (χ4n) is 3.13. The number of carbonyl (C=O) groups excluding carboxylic acids is 2. The molecule has 1 amide bonds. The molecule has 2 aromatic carbocycles. The van der Waals surface area contributed by atoms with E-state index in [1.807, 2.05) is 33.0 Å². The van der Waals surface area contributed by atoms with Crippen LogP contribution in [0, 0.1) is 19.7 Å². The Morgan fingerprint density at radius 3 is 2.41 bits per heavy atom. The van der Waals surface area contributed by atoms with Crippen LogP contribution in [0.5, 0.6) is 0 Å². The maximum atomic E-state index is 13.3. The summed E-state index contributed by atoms with van der Waals surface area (Å²) in [5.74, 6) is -0.0545. The SMILES string of the molecule is Cc1ccc(C(=O)CCC(=O)NC(c2ccc(F)cc2)c2nccn2C)cc1C. The third kappa shape index (κ3) is 4.96. The Morgan fingerprint density at radius 2 is 1.79 bits per heavy atom. The normalized spacial score (nSPS) is 11.9. The van der Waals surface area contributed by atoms with Gasteiger partial charge in [-0.1, -0.05) is 24.3 Å². The summed E-state index contributed by atoms with van der Waals surface area (Å²) in [6.45, 7) is 3.95. The van der Waals surface area contributed by atoms with Gasteiger partial charge in [-0.3, -0.25) is 9.59 Å². The van der Waals surface area contributed by atoms with Crippen molar-refractivity contribution >= 4 is 11.7 Å². The van der Waals surface area contributed by atoms with Crippen molar-refractivity contribution in [3.8, 4) is 0 Å². The summed E-state index contributed by atoms with van der Waals surface area (Å²) in [4.78, 5) is 29.3. The van der Waals surface area contributed by atoms with Gasteiger partial charge in [-0.2, -0.15) is 0 Å². The number of benzene rings is 2. The maximum absolute atomic E-state index is 13.3. The maximum Gasteiger partial charge on any atom is 0.221 e. The molecule has 1 aromatic heterocycles. The number of halogens is 1. The second kappa shape index (κ2) is 8.82. The zero-order chi connectivity index (χ0) is 21.0. The molecular formula is C23H24FN3O2. The van der Waals surface area contributed by atoms with E-state index in [1.54, 1.807) is 35.2 Å². The van der Waals surface area contributed by atoms with Gasteiger partial charge in [0.1, 0.15) is 17.7 Å². The fraction of sp³-hybridized carbons (Fsp3) is 0.261. The van der Waals surface area contributed by atoms with Crippen molar-refractivity contribution in [2.45, 2.75) is 32.7 Å². The van der Waals surface area contributed by atoms with Gasteiger partial charge in [0.05, 0.1) is 0 Å². The highest BCUT2D eigenvalue weighted by Crippen LogP contribution is 2.21. The first-order valence-corrected chi connectivity index (χ1v) is 9.47. The molecule has 29 heavy (non-hydrogen) atoms. The average molecular weight is 393 g/mol. The molecule has 0 bridgehead atoms. The van der Waals surface area contributed by atoms with Crippen LogP contribution in [0.3, 0.4) is 0 Å². The lowest BCUT2D eigenvalue weighted by molar-refractivity contribution is -0.121. The highest BCUT2D eigenvalue weighted by molar-refractivity contribution is 5.98. The Kier molecular flexibility index (Phi) is 6.22. The van der Waals surface area contributed by atoms with E-state index in [2.05, 4.69) is 10.3 Å². The number of ketones is 1. The highest BCUT2D eigenvalue weighted by Gasteiger charge is 2.21. The van der Waals surface area contributed by atoms with Crippen molar-refractivity contribution in [1.82, 2.24) is 14.9 Å². The number of amides is 1. The Balaban J connectivity index is 1.70. The second-order valence-corrected chi connectivity index (χ2v) is 7.17. The van der Waals surface area contributed by atoms with Gasteiger partial charge in [0.25, 0.3) is 0 Å². The van der Waals surface area contributed by atoms with Crippen LogP contribution in [0.4, 0.5) is 4.39 Å². The molecule has 0 aliphatic carbocycles. The van der Waals surface area contributed by atoms with Crippen LogP contribution in [0.2, 0.25) is 0 Å². The molecule has 0 saturated carbocycles. The number of Topliss-reactive ketones (excluding diaryl/α,β-unsaturated/α-hetero) is 1. The molecule has 0 radical (unpaired) electrons. The molecule has 0 aliphatic rings. The predicted octanol–water partition coefficient (Wildman–Crippen LogP) is 4.04. The topological polar surface area (TPSA) is 64.0 Å². The lowest BCUT2D eigenvalue weighted by Crippen LogP contribution is -2.31. The third-order valence-electron chi connectivity index (χ3n) is 5.03. The molecule has 1 atom stereocenters. The molecule has 0 fully saturated rings. The minimum absolute atomic E-state index is 0.0634. The van der Waals surface area contributed by atoms with E-state index in [4.69, 9.17) is 0 Å². The number of carbonyl (C=O) groups is 2. The van der Waals surface area contributed by atoms with Crippen LogP contribution < -0.4 is 5.32 Å². The van der Waals surface area contributed by atoms with Crippen molar-refractivity contribution in [2.75, 3.05) is 0 Å². The minimum Gasteiger partial charge on any atom is -0.342 e. The number of hydrogen-bond donors (Lipinski definition) is 1. The molecule has 3 aromatic rings. The zero-order valence-electron chi connectivity index (χ0n) is 16.8. The van der Waals surface area contributed by atoms with Gasteiger partial charge in [-0.25, -0.2) is 9.37 Å². The number of nitrogens with zero attached hydrogens (tertiary/aromatic N) is 2. The van der Waals surface area contributed by atoms with Crippen LogP contribution in [0.25, 0.3) is 0 Å². The van der Waals surface area contributed by atoms with E-state index >= 15 is 0 Å². The minimum atomic E-state index is -0.528. The van der Waals surface area contributed by atoms with Crippen LogP contribution in [0.1, 0.15) is 51.8 Å². The number of hydrogen-bond acceptors (Lipinski definition) is 3. The second-order valence-electron chi connectivity index (χ2n) is 7.17. The van der Waals surface area contributed by atoms with E-state index in [0.29, 0.717) is 11.4 Å². The van der Waals surface area contributed by atoms with E-state index < -0.39 is 6.04 Å². The molecule has 1 N–H and O–H groups in total. The van der Waals surface area contributed by atoms with Gasteiger partial charge < -0.3 is 9.88 Å². The van der Waals surface area contributed by atoms with E-state index in [9.17, 15) is 14.0 Å². The Labute approximate surface area is 169 Å². The summed E-state index contributed by atoms with van der Waals surface area (Å²) in [6, 6.07) is 11.0. The smallest absolute Gasteiger partial charge is 0.221 e. The van der Waals surface area contributed by atoms with Gasteiger partial charge in [0.15, 0.2) is 5.78 Å². The molecule has 3 rings (SSSR count). The van der Waals surface area contributed by atoms with Gasteiger partial charge in [-0.05, 0) is 48.7 Å². The Bertz CT molecular complexity index is 1020. The van der Waals surface area contributed by atoms with Gasteiger partial charge >= 0.3 is 0 Å². The first kappa shape index (κ1) is 20.5. The average Bonchev–Trinajstić information content (AvgIpc) is 3.12. The van der Waals surface area contributed by atoms with Crippen LogP contribution >= 0.6 is 0 Å². The van der Waals surface area contributed by atoms with Crippen LogP contribution in [-0.4, -0.2) is 21.2 Å². The first-order chi connectivity index (χ1) is 13.8. The zero-order valence-corrected chi connectivity index (χ0v) is 16.8. The first-order valence-electron chi connectivity index (χ1n) is 9.47. The summed E-state index contributed by atoms with van der Waals surface area (Å²) >= 11 is 0. The summed E-state index contributed by atoms with van der Waals surface area (Å²) < 4.78 is 15.1. The summed E-state index contributed by atoms with van der Waals surface area (Å²) in [7, 11) is 1.83. The predicted molar refractivity (Wildman–Crippen MR) is 109 cm³/mol. The molecule has 0 aliphatic heterocycles. The number of rotatable bonds is 7. The van der Waals surface area contributed by atoms with Crippen molar-refractivity contribution in [3.63, 3.8) is 0 Å². The molecular weight excluding hydrogens is 369 g/mol. The van der Waals surface area contributed by atoms with Crippen LogP contribution in [-0.2, 0) is 11.8 Å². The fourth-order valence-corrected chi connectivity index (χ4v) is 3.13. The number of aromatic nitrogens is 2. The third-order valence-corrected chi connectivity index (χ3v) is 5.03. The lowest BCUT2D eigenvalue weighted by atomic mass is 10.0. The molecule has 0 spiro atoms. The van der Waals surface area contributed by atoms with Crippen LogP contribution in [0.15, 0.2) is 54.9 Å². The number of nitrogens with one attached hydrogen (secondary N) is 1. The monoisotopic (exact) mass is 393 g/mol. The standard InChI is InChI=1S/C23H24FN3O2/c1-15-4-5-18(14-16(15)2)20(28)10-11-21(29)26-22(23-25-12-13-27(23)3)17-6-8-19(24)9-7-17/h4-9,12-14,22H,10-11H2,1-3H3,(H,26,29). The van der Waals surface area contributed by atoms with Crippen molar-refractivity contribution in [3.05, 3.63) is 88.8 Å². The lowest BCUT2D eigenvalue weighted by Gasteiger charge is -2.19. The van der Waals surface area contributed by atoms with Crippen molar-refractivity contribution in [2.24, 2.45) is 7.05 Å². The molecule has 1 heterocycles. The van der Waals surface area contributed by atoms with Crippen molar-refractivity contribution < 1.29 is 14.0 Å². The Hall–Kier alpha value is -3.28. The van der Waals surface area contributed by atoms with Gasteiger partial charge in [-0.15, -0.1) is 0 Å². The molecule has 6 heteroatoms. The van der Waals surface area contributed by atoms with E-state index in [-0.39, 0.29) is 30.3 Å². The molecule has 5 nitrogen and oxygen atoms in total. The quantitative estimate of drug-likeness (QED) is 0.616.